The van der Waals surface area contributed by atoms with Gasteiger partial charge in [-0.15, -0.1) is 0 Å². The molecule has 0 spiro atoms. The number of carbonyl (C=O) groups excluding carboxylic acids is 1. The molecule has 1 amide bonds. The van der Waals surface area contributed by atoms with E-state index in [2.05, 4.69) is 15.7 Å². The first-order valence-electron chi connectivity index (χ1n) is 10.9. The molecule has 1 fully saturated rings. The number of nitrogens with one attached hydrogen (secondary N) is 2. The molecule has 3 heterocycles. The predicted octanol–water partition coefficient (Wildman–Crippen LogP) is 5.31. The third-order valence-corrected chi connectivity index (χ3v) is 7.41. The molecule has 0 saturated carbocycles. The Balaban J connectivity index is 1.56. The second kappa shape index (κ2) is 10.9. The Morgan fingerprint density at radius 2 is 2.03 bits per heavy atom. The molecule has 3 atom stereocenters. The van der Waals surface area contributed by atoms with Crippen LogP contribution in [-0.4, -0.2) is 46.0 Å². The van der Waals surface area contributed by atoms with Gasteiger partial charge in [-0.25, -0.2) is 0 Å². The Morgan fingerprint density at radius 3 is 2.71 bits per heavy atom. The highest BCUT2D eigenvalue weighted by atomic mass is 35.5. The van der Waals surface area contributed by atoms with Gasteiger partial charge in [-0.3, -0.25) is 9.48 Å². The zero-order valence-electron chi connectivity index (χ0n) is 18.3. The molecule has 1 aromatic carbocycles. The van der Waals surface area contributed by atoms with Crippen LogP contribution >= 0.6 is 46.4 Å². The summed E-state index contributed by atoms with van der Waals surface area (Å²) in [5, 5.41) is 21.3. The van der Waals surface area contributed by atoms with Crippen molar-refractivity contribution in [3.8, 4) is 11.3 Å². The van der Waals surface area contributed by atoms with Gasteiger partial charge >= 0.3 is 0 Å². The molecule has 1 aliphatic heterocycles. The summed E-state index contributed by atoms with van der Waals surface area (Å²) < 4.78 is 7.14. The molecular formula is C23H24Cl4N4O3. The van der Waals surface area contributed by atoms with Crippen LogP contribution in [0.4, 0.5) is 0 Å². The number of hydrogen-bond acceptors (Lipinski definition) is 5. The second-order valence-corrected chi connectivity index (χ2v) is 9.89. The van der Waals surface area contributed by atoms with Crippen LogP contribution in [-0.2, 0) is 7.05 Å². The third kappa shape index (κ3) is 5.40. The molecule has 0 bridgehead atoms. The SMILES string of the molecule is Cn1ncc(Cl)c1-c1cc(C(=O)N[C@@H]2CNC(CCCO)C[C@H]2c2ccc(Cl)c(Cl)c2)oc1Cl. The number of nitrogens with zero attached hydrogens (tertiary/aromatic N) is 2. The zero-order chi connectivity index (χ0) is 24.4. The monoisotopic (exact) mass is 544 g/mol. The van der Waals surface area contributed by atoms with Crippen molar-refractivity contribution in [1.29, 1.82) is 0 Å². The van der Waals surface area contributed by atoms with E-state index in [9.17, 15) is 9.90 Å². The van der Waals surface area contributed by atoms with Crippen molar-refractivity contribution in [2.24, 2.45) is 7.05 Å². The van der Waals surface area contributed by atoms with Crippen LogP contribution in [0.5, 0.6) is 0 Å². The van der Waals surface area contributed by atoms with Gasteiger partial charge in [-0.05, 0) is 48.6 Å². The van der Waals surface area contributed by atoms with Crippen LogP contribution in [0.15, 0.2) is 34.9 Å². The summed E-state index contributed by atoms with van der Waals surface area (Å²) in [6, 6.07) is 7.07. The number of amides is 1. The van der Waals surface area contributed by atoms with Crippen LogP contribution in [0.25, 0.3) is 11.3 Å². The summed E-state index contributed by atoms with van der Waals surface area (Å²) in [5.74, 6) is -0.329. The summed E-state index contributed by atoms with van der Waals surface area (Å²) in [5.41, 5.74) is 2.04. The van der Waals surface area contributed by atoms with Gasteiger partial charge < -0.3 is 20.2 Å². The number of halogens is 4. The number of benzene rings is 1. The number of hydrogen-bond donors (Lipinski definition) is 3. The normalized spacial score (nSPS) is 20.5. The fourth-order valence-corrected chi connectivity index (χ4v) is 5.21. The Bertz CT molecular complexity index is 1160. The van der Waals surface area contributed by atoms with Crippen molar-refractivity contribution >= 4 is 52.3 Å². The van der Waals surface area contributed by atoms with Gasteiger partial charge in [-0.1, -0.05) is 40.9 Å². The highest BCUT2D eigenvalue weighted by molar-refractivity contribution is 6.42. The van der Waals surface area contributed by atoms with E-state index >= 15 is 0 Å². The molecular weight excluding hydrogens is 522 g/mol. The molecule has 11 heteroatoms. The fraction of sp³-hybridized carbons (Fsp3) is 0.391. The smallest absolute Gasteiger partial charge is 0.287 e. The number of piperidine rings is 1. The van der Waals surface area contributed by atoms with Crippen LogP contribution in [0, 0.1) is 0 Å². The van der Waals surface area contributed by atoms with Gasteiger partial charge in [0.1, 0.15) is 0 Å². The third-order valence-electron chi connectivity index (χ3n) is 6.11. The zero-order valence-corrected chi connectivity index (χ0v) is 21.3. The second-order valence-electron chi connectivity index (χ2n) is 8.33. The molecule has 1 aliphatic rings. The van der Waals surface area contributed by atoms with E-state index in [1.807, 2.05) is 12.1 Å². The van der Waals surface area contributed by atoms with Gasteiger partial charge in [0.05, 0.1) is 32.5 Å². The van der Waals surface area contributed by atoms with Gasteiger partial charge in [0.25, 0.3) is 5.91 Å². The first kappa shape index (κ1) is 25.4. The quantitative estimate of drug-likeness (QED) is 0.374. The molecule has 2 aromatic heterocycles. The lowest BCUT2D eigenvalue weighted by Gasteiger charge is -2.38. The Morgan fingerprint density at radius 1 is 1.24 bits per heavy atom. The summed E-state index contributed by atoms with van der Waals surface area (Å²) in [6.45, 7) is 0.680. The van der Waals surface area contributed by atoms with Gasteiger partial charge in [0.15, 0.2) is 5.76 Å². The lowest BCUT2D eigenvalue weighted by Crippen LogP contribution is -2.53. The van der Waals surface area contributed by atoms with Crippen molar-refractivity contribution in [3.63, 3.8) is 0 Å². The lowest BCUT2D eigenvalue weighted by molar-refractivity contribution is 0.0890. The Kier molecular flexibility index (Phi) is 8.12. The van der Waals surface area contributed by atoms with Crippen LogP contribution in [0.2, 0.25) is 20.3 Å². The lowest BCUT2D eigenvalue weighted by atomic mass is 9.81. The maximum Gasteiger partial charge on any atom is 0.287 e. The number of aryl methyl sites for hydroxylation is 1. The number of aliphatic hydroxyl groups is 1. The minimum absolute atomic E-state index is 0.0138. The molecule has 4 rings (SSSR count). The van der Waals surface area contributed by atoms with Crippen molar-refractivity contribution in [3.05, 3.63) is 62.1 Å². The summed E-state index contributed by atoms with van der Waals surface area (Å²) >= 11 is 24.9. The number of aliphatic hydroxyl groups excluding tert-OH is 1. The molecule has 3 aromatic rings. The van der Waals surface area contributed by atoms with Crippen molar-refractivity contribution in [2.45, 2.75) is 37.3 Å². The van der Waals surface area contributed by atoms with Gasteiger partial charge in [-0.2, -0.15) is 5.10 Å². The van der Waals surface area contributed by atoms with E-state index < -0.39 is 5.91 Å². The topological polar surface area (TPSA) is 92.3 Å². The molecule has 1 saturated heterocycles. The van der Waals surface area contributed by atoms with Crippen LogP contribution in [0.3, 0.4) is 0 Å². The van der Waals surface area contributed by atoms with Crippen molar-refractivity contribution in [1.82, 2.24) is 20.4 Å². The van der Waals surface area contributed by atoms with Crippen LogP contribution in [0.1, 0.15) is 41.3 Å². The van der Waals surface area contributed by atoms with Gasteiger partial charge in [0, 0.05) is 44.3 Å². The first-order valence-corrected chi connectivity index (χ1v) is 12.4. The standard InChI is InChI=1S/C23H24Cl4N4O3/c1-31-21(18(26)10-29-31)15-9-20(34-22(15)27)23(33)30-19-11-28-13(3-2-6-32)8-14(19)12-4-5-16(24)17(25)7-12/h4-5,7,9-10,13-14,19,28,32H,2-3,6,8,11H2,1H3,(H,30,33)/t13?,14-,19+/m0/s1. The molecule has 3 N–H and O–H groups in total. The molecule has 0 radical (unpaired) electrons. The summed E-state index contributed by atoms with van der Waals surface area (Å²) in [4.78, 5) is 13.1. The summed E-state index contributed by atoms with van der Waals surface area (Å²) in [6.07, 6.45) is 3.80. The van der Waals surface area contributed by atoms with Crippen molar-refractivity contribution in [2.75, 3.05) is 13.2 Å². The number of rotatable bonds is 7. The highest BCUT2D eigenvalue weighted by Gasteiger charge is 2.33. The first-order chi connectivity index (χ1) is 16.3. The molecule has 1 unspecified atom stereocenters. The van der Waals surface area contributed by atoms with E-state index in [0.717, 1.165) is 18.4 Å². The Hall–Kier alpha value is -1.74. The average Bonchev–Trinajstić information content (AvgIpc) is 3.35. The van der Waals surface area contributed by atoms with E-state index in [4.69, 9.17) is 50.8 Å². The number of aromatic nitrogens is 2. The van der Waals surface area contributed by atoms with Crippen molar-refractivity contribution < 1.29 is 14.3 Å². The van der Waals surface area contributed by atoms with Gasteiger partial charge in [0.2, 0.25) is 5.22 Å². The number of furan rings is 1. The molecule has 0 aliphatic carbocycles. The fourth-order valence-electron chi connectivity index (χ4n) is 4.41. The van der Waals surface area contributed by atoms with E-state index in [1.165, 1.54) is 6.20 Å². The molecule has 34 heavy (non-hydrogen) atoms. The molecule has 7 nitrogen and oxygen atoms in total. The Labute approximate surface area is 217 Å². The number of carbonyl (C=O) groups is 1. The average molecular weight is 546 g/mol. The summed E-state index contributed by atoms with van der Waals surface area (Å²) in [7, 11) is 1.73. The van der Waals surface area contributed by atoms with E-state index in [0.29, 0.717) is 39.3 Å². The predicted molar refractivity (Wildman–Crippen MR) is 134 cm³/mol. The van der Waals surface area contributed by atoms with E-state index in [1.54, 1.807) is 23.9 Å². The van der Waals surface area contributed by atoms with Crippen LogP contribution < -0.4 is 10.6 Å². The maximum atomic E-state index is 13.1. The highest BCUT2D eigenvalue weighted by Crippen LogP contribution is 2.36. The molecule has 182 valence electrons. The minimum atomic E-state index is -0.392. The largest absolute Gasteiger partial charge is 0.439 e. The maximum absolute atomic E-state index is 13.1. The van der Waals surface area contributed by atoms with E-state index in [-0.39, 0.29) is 35.6 Å². The minimum Gasteiger partial charge on any atom is -0.439 e.